The third-order valence-corrected chi connectivity index (χ3v) is 8.29. The molecule has 248 valence electrons. The van der Waals surface area contributed by atoms with E-state index in [0.717, 1.165) is 10.2 Å². The minimum Gasteiger partial charge on any atom is -0.355 e. The van der Waals surface area contributed by atoms with Crippen LogP contribution in [0.1, 0.15) is 56.9 Å². The van der Waals surface area contributed by atoms with Crippen LogP contribution in [0.2, 0.25) is 0 Å². The number of anilines is 1. The summed E-state index contributed by atoms with van der Waals surface area (Å²) in [7, 11) is 1.43. The summed E-state index contributed by atoms with van der Waals surface area (Å²) in [6.45, 7) is 4.30. The van der Waals surface area contributed by atoms with Crippen LogP contribution in [-0.4, -0.2) is 61.7 Å². The van der Waals surface area contributed by atoms with Crippen LogP contribution in [0.25, 0.3) is 22.0 Å². The van der Waals surface area contributed by atoms with E-state index >= 15 is 0 Å². The Bertz CT molecular complexity index is 2040. The molecular weight excluding hydrogens is 625 g/mol. The normalized spacial score (nSPS) is 13.1. The smallest absolute Gasteiger partial charge is 0.355 e. The third-order valence-electron chi connectivity index (χ3n) is 8.29. The van der Waals surface area contributed by atoms with Gasteiger partial charge in [-0.3, -0.25) is 24.0 Å². The summed E-state index contributed by atoms with van der Waals surface area (Å²) < 4.78 is 45.4. The number of carbonyl (C=O) groups is 3. The lowest BCUT2D eigenvalue weighted by Crippen LogP contribution is -2.38. The van der Waals surface area contributed by atoms with Gasteiger partial charge in [0.25, 0.3) is 11.8 Å². The molecule has 1 aliphatic rings. The van der Waals surface area contributed by atoms with Crippen LogP contribution in [0.3, 0.4) is 0 Å². The number of rotatable bonds is 9. The number of benzene rings is 2. The molecule has 14 heteroatoms. The van der Waals surface area contributed by atoms with Crippen LogP contribution in [-0.2, 0) is 37.4 Å². The number of pyridine rings is 1. The van der Waals surface area contributed by atoms with E-state index in [-0.39, 0.29) is 55.9 Å². The number of alkyl halides is 3. The van der Waals surface area contributed by atoms with Crippen molar-refractivity contribution in [2.75, 3.05) is 24.5 Å². The Hall–Kier alpha value is -5.53. The number of hydrogen-bond donors (Lipinski definition) is 2. The van der Waals surface area contributed by atoms with E-state index in [0.29, 0.717) is 50.8 Å². The zero-order valence-corrected chi connectivity index (χ0v) is 26.6. The van der Waals surface area contributed by atoms with Crippen molar-refractivity contribution in [3.63, 3.8) is 0 Å². The number of amides is 3. The minimum atomic E-state index is -4.70. The summed E-state index contributed by atoms with van der Waals surface area (Å²) in [6.07, 6.45) is 4.00. The number of carbonyl (C=O) groups excluding carboxylic acids is 3. The Kier molecular flexibility index (Phi) is 8.73. The number of imidazole rings is 1. The van der Waals surface area contributed by atoms with Crippen LogP contribution in [0, 0.1) is 0 Å². The molecule has 0 saturated carbocycles. The molecule has 3 amide bonds. The second-order valence-electron chi connectivity index (χ2n) is 11.6. The summed E-state index contributed by atoms with van der Waals surface area (Å²) in [6, 6.07) is 8.80. The van der Waals surface area contributed by atoms with Gasteiger partial charge in [-0.2, -0.15) is 18.3 Å². The highest BCUT2D eigenvalue weighted by molar-refractivity contribution is 6.15. The quantitative estimate of drug-likeness (QED) is 0.224. The molecule has 11 nitrogen and oxygen atoms in total. The second-order valence-corrected chi connectivity index (χ2v) is 11.6. The molecule has 0 unspecified atom stereocenters. The lowest BCUT2D eigenvalue weighted by atomic mass is 9.87. The summed E-state index contributed by atoms with van der Waals surface area (Å²) in [5.74, 6) is -0.951. The van der Waals surface area contributed by atoms with Gasteiger partial charge in [-0.15, -0.1) is 0 Å². The molecule has 0 atom stereocenters. The van der Waals surface area contributed by atoms with E-state index in [1.807, 2.05) is 13.0 Å². The first kappa shape index (κ1) is 32.4. The summed E-state index contributed by atoms with van der Waals surface area (Å²) in [4.78, 5) is 49.1. The fourth-order valence-electron chi connectivity index (χ4n) is 6.13. The maximum Gasteiger partial charge on any atom is 0.435 e. The predicted octanol–water partition coefficient (Wildman–Crippen LogP) is 4.53. The first-order chi connectivity index (χ1) is 22.9. The molecular formula is C34H33F3N8O3. The van der Waals surface area contributed by atoms with Gasteiger partial charge in [0, 0.05) is 81.5 Å². The Morgan fingerprint density at radius 1 is 1.00 bits per heavy atom. The molecule has 48 heavy (non-hydrogen) atoms. The third kappa shape index (κ3) is 6.37. The van der Waals surface area contributed by atoms with E-state index in [1.54, 1.807) is 52.5 Å². The van der Waals surface area contributed by atoms with Crippen molar-refractivity contribution in [3.05, 3.63) is 95.0 Å². The highest BCUT2D eigenvalue weighted by Crippen LogP contribution is 2.41. The maximum atomic E-state index is 14.4. The van der Waals surface area contributed by atoms with Gasteiger partial charge in [-0.25, -0.2) is 4.98 Å². The van der Waals surface area contributed by atoms with Crippen molar-refractivity contribution in [2.45, 2.75) is 39.4 Å². The molecule has 3 aromatic heterocycles. The van der Waals surface area contributed by atoms with Crippen molar-refractivity contribution in [3.8, 4) is 11.1 Å². The number of hydrogen-bond acceptors (Lipinski definition) is 6. The fourth-order valence-corrected chi connectivity index (χ4v) is 6.13. The van der Waals surface area contributed by atoms with Gasteiger partial charge < -0.3 is 20.1 Å². The van der Waals surface area contributed by atoms with Gasteiger partial charge in [0.15, 0.2) is 5.69 Å². The van der Waals surface area contributed by atoms with Crippen molar-refractivity contribution in [1.82, 2.24) is 34.9 Å². The molecule has 1 aliphatic heterocycles. The van der Waals surface area contributed by atoms with Crippen LogP contribution >= 0.6 is 0 Å². The summed E-state index contributed by atoms with van der Waals surface area (Å²) in [5, 5.41) is 9.78. The largest absolute Gasteiger partial charge is 0.435 e. The molecule has 5 aromatic rings. The van der Waals surface area contributed by atoms with Gasteiger partial charge in [0.2, 0.25) is 5.91 Å². The monoisotopic (exact) mass is 658 g/mol. The first-order valence-electron chi connectivity index (χ1n) is 15.4. The lowest BCUT2D eigenvalue weighted by molar-refractivity contribution is -0.141. The topological polar surface area (TPSA) is 127 Å². The predicted molar refractivity (Wildman–Crippen MR) is 172 cm³/mol. The molecule has 4 heterocycles. The summed E-state index contributed by atoms with van der Waals surface area (Å²) in [5.41, 5.74) is 2.76. The Labute approximate surface area is 273 Å². The van der Waals surface area contributed by atoms with Crippen molar-refractivity contribution < 1.29 is 27.6 Å². The zero-order valence-electron chi connectivity index (χ0n) is 26.6. The number of nitrogens with zero attached hydrogens (tertiary/aromatic N) is 6. The van der Waals surface area contributed by atoms with Crippen molar-refractivity contribution in [1.29, 1.82) is 0 Å². The Morgan fingerprint density at radius 2 is 1.77 bits per heavy atom. The molecule has 2 N–H and O–H groups in total. The SMILES string of the molecule is CCc1cc(C(=O)NCCNC(C)=O)c2nccc(N3CCc4c(cc(Cn5ccnc5)cc4-c4cn(C)nc4C(F)(F)F)C3=O)c2c1. The van der Waals surface area contributed by atoms with E-state index in [2.05, 4.69) is 25.7 Å². The number of aromatic nitrogens is 5. The van der Waals surface area contributed by atoms with Gasteiger partial charge in [-0.1, -0.05) is 6.92 Å². The van der Waals surface area contributed by atoms with Crippen molar-refractivity contribution in [2.24, 2.45) is 7.05 Å². The van der Waals surface area contributed by atoms with Crippen molar-refractivity contribution >= 4 is 34.3 Å². The number of aryl methyl sites for hydroxylation is 2. The standard InChI is InChI=1S/C34H33F3N8O3/c1-4-21-13-26-29(5-7-40-30(26)27(14-21)32(47)41-9-8-39-20(2)46)45-11-6-23-24(28-18-43(3)42-31(28)34(35,36)37)15-22(16-25(23)33(45)48)17-44-12-10-38-19-44/h5,7,10,12-16,18-19H,4,6,8-9,11,17H2,1-3H3,(H,39,46)(H,41,47). The average Bonchev–Trinajstić information content (AvgIpc) is 3.72. The van der Waals surface area contributed by atoms with Crippen LogP contribution < -0.4 is 15.5 Å². The van der Waals surface area contributed by atoms with Crippen LogP contribution in [0.4, 0.5) is 18.9 Å². The maximum absolute atomic E-state index is 14.4. The van der Waals surface area contributed by atoms with E-state index in [4.69, 9.17) is 0 Å². The molecule has 0 saturated heterocycles. The molecule has 2 aromatic carbocycles. The number of nitrogens with one attached hydrogen (secondary N) is 2. The zero-order chi connectivity index (χ0) is 34.2. The summed E-state index contributed by atoms with van der Waals surface area (Å²) >= 11 is 0. The van der Waals surface area contributed by atoms with Crippen LogP contribution in [0.15, 0.2) is 61.4 Å². The first-order valence-corrected chi connectivity index (χ1v) is 15.4. The van der Waals surface area contributed by atoms with E-state index < -0.39 is 11.9 Å². The highest BCUT2D eigenvalue weighted by atomic mass is 19.4. The molecule has 0 aliphatic carbocycles. The Morgan fingerprint density at radius 3 is 2.48 bits per heavy atom. The Balaban J connectivity index is 1.44. The van der Waals surface area contributed by atoms with Gasteiger partial charge in [-0.05, 0) is 65.4 Å². The second kappa shape index (κ2) is 12.9. The number of fused-ring (bicyclic) bond motifs is 2. The van der Waals surface area contributed by atoms with Gasteiger partial charge in [0.05, 0.1) is 23.1 Å². The van der Waals surface area contributed by atoms with Crippen LogP contribution in [0.5, 0.6) is 0 Å². The highest BCUT2D eigenvalue weighted by Gasteiger charge is 2.39. The van der Waals surface area contributed by atoms with Gasteiger partial charge in [0.1, 0.15) is 0 Å². The fraction of sp³-hybridized carbons (Fsp3) is 0.294. The molecule has 0 spiro atoms. The molecule has 0 fully saturated rings. The lowest BCUT2D eigenvalue weighted by Gasteiger charge is -2.31. The molecule has 0 radical (unpaired) electrons. The molecule has 6 rings (SSSR count). The van der Waals surface area contributed by atoms with E-state index in [9.17, 15) is 27.6 Å². The van der Waals surface area contributed by atoms with E-state index in [1.165, 1.54) is 26.4 Å². The molecule has 0 bridgehead atoms. The minimum absolute atomic E-state index is 0.0916. The van der Waals surface area contributed by atoms with Gasteiger partial charge >= 0.3 is 6.18 Å². The number of halogens is 3. The average molecular weight is 659 g/mol.